The van der Waals surface area contributed by atoms with Crippen molar-refractivity contribution in [3.8, 4) is 0 Å². The van der Waals surface area contributed by atoms with Crippen LogP contribution >= 0.6 is 0 Å². The number of hydrogen-bond acceptors (Lipinski definition) is 4. The largest absolute Gasteiger partial charge is 0.396 e. The van der Waals surface area contributed by atoms with Gasteiger partial charge in [-0.05, 0) is 51.3 Å². The first kappa shape index (κ1) is 13.6. The van der Waals surface area contributed by atoms with E-state index < -0.39 is 0 Å². The fraction of sp³-hybridized carbons (Fsp3) is 0.400. The number of fused-ring (bicyclic) bond motifs is 1. The van der Waals surface area contributed by atoms with E-state index in [1.807, 2.05) is 18.2 Å². The van der Waals surface area contributed by atoms with E-state index in [0.29, 0.717) is 0 Å². The van der Waals surface area contributed by atoms with Crippen molar-refractivity contribution in [2.24, 2.45) is 0 Å². The van der Waals surface area contributed by atoms with E-state index in [1.54, 1.807) is 6.20 Å². The van der Waals surface area contributed by atoms with Gasteiger partial charge in [-0.1, -0.05) is 0 Å². The number of hydrogen-bond donors (Lipinski definition) is 1. The van der Waals surface area contributed by atoms with Crippen LogP contribution in [0.4, 0.5) is 11.4 Å². The molecule has 4 nitrogen and oxygen atoms in total. The highest BCUT2D eigenvalue weighted by Gasteiger charge is 2.08. The van der Waals surface area contributed by atoms with Crippen molar-refractivity contribution >= 4 is 22.3 Å². The van der Waals surface area contributed by atoms with Crippen LogP contribution in [0.2, 0.25) is 0 Å². The second-order valence-corrected chi connectivity index (χ2v) is 5.15. The van der Waals surface area contributed by atoms with E-state index in [4.69, 9.17) is 5.73 Å². The number of nitrogen functional groups attached to an aromatic ring is 1. The van der Waals surface area contributed by atoms with Gasteiger partial charge in [-0.2, -0.15) is 0 Å². The number of anilines is 2. The van der Waals surface area contributed by atoms with Gasteiger partial charge in [0.05, 0.1) is 16.9 Å². The van der Waals surface area contributed by atoms with E-state index in [9.17, 15) is 0 Å². The third-order valence-electron chi connectivity index (χ3n) is 3.31. The Morgan fingerprint density at radius 3 is 2.63 bits per heavy atom. The molecule has 1 heterocycles. The number of aromatic nitrogens is 1. The average molecular weight is 258 g/mol. The summed E-state index contributed by atoms with van der Waals surface area (Å²) in [7, 11) is 6.27. The molecular weight excluding hydrogens is 236 g/mol. The van der Waals surface area contributed by atoms with Crippen LogP contribution in [-0.2, 0) is 0 Å². The first-order valence-electron chi connectivity index (χ1n) is 6.58. The molecule has 102 valence electrons. The number of pyridine rings is 1. The lowest BCUT2D eigenvalue weighted by molar-refractivity contribution is 0.402. The summed E-state index contributed by atoms with van der Waals surface area (Å²) in [6, 6.07) is 8.03. The van der Waals surface area contributed by atoms with Crippen LogP contribution < -0.4 is 10.6 Å². The molecule has 1 aromatic heterocycles. The summed E-state index contributed by atoms with van der Waals surface area (Å²) in [4.78, 5) is 8.73. The van der Waals surface area contributed by atoms with Gasteiger partial charge in [0.1, 0.15) is 0 Å². The minimum absolute atomic E-state index is 0.818. The van der Waals surface area contributed by atoms with Crippen LogP contribution in [0.1, 0.15) is 6.42 Å². The predicted molar refractivity (Wildman–Crippen MR) is 82.6 cm³/mol. The maximum atomic E-state index is 6.26. The predicted octanol–water partition coefficient (Wildman–Crippen LogP) is 2.20. The number of benzene rings is 1. The molecule has 4 heteroatoms. The van der Waals surface area contributed by atoms with Crippen LogP contribution in [0, 0.1) is 0 Å². The highest BCUT2D eigenvalue weighted by atomic mass is 15.1. The summed E-state index contributed by atoms with van der Waals surface area (Å²) in [5.74, 6) is 0. The van der Waals surface area contributed by atoms with E-state index in [1.165, 1.54) is 0 Å². The monoisotopic (exact) mass is 258 g/mol. The summed E-state index contributed by atoms with van der Waals surface area (Å²) in [6.07, 6.45) is 2.91. The van der Waals surface area contributed by atoms with Gasteiger partial charge in [0.25, 0.3) is 0 Å². The van der Waals surface area contributed by atoms with Crippen molar-refractivity contribution < 1.29 is 0 Å². The fourth-order valence-corrected chi connectivity index (χ4v) is 2.24. The number of nitrogens with two attached hydrogens (primary N) is 1. The molecule has 0 aliphatic rings. The van der Waals surface area contributed by atoms with Gasteiger partial charge in [0.15, 0.2) is 0 Å². The number of nitrogens with zero attached hydrogens (tertiary/aromatic N) is 3. The van der Waals surface area contributed by atoms with Crippen molar-refractivity contribution in [2.45, 2.75) is 6.42 Å². The lowest BCUT2D eigenvalue weighted by atomic mass is 10.1. The highest BCUT2D eigenvalue weighted by Crippen LogP contribution is 2.29. The van der Waals surface area contributed by atoms with Gasteiger partial charge in [0.2, 0.25) is 0 Å². The van der Waals surface area contributed by atoms with Gasteiger partial charge in [-0.25, -0.2) is 0 Å². The summed E-state index contributed by atoms with van der Waals surface area (Å²) >= 11 is 0. The van der Waals surface area contributed by atoms with Crippen LogP contribution in [0.15, 0.2) is 30.5 Å². The van der Waals surface area contributed by atoms with Crippen molar-refractivity contribution in [1.29, 1.82) is 0 Å². The Balaban J connectivity index is 2.18. The standard InChI is InChI=1S/C15H22N4/c1-18(2)10-5-11-19(3)14-8-7-13-12(15(14)16)6-4-9-17-13/h4,6-9H,5,10-11,16H2,1-3H3. The Morgan fingerprint density at radius 1 is 1.11 bits per heavy atom. The third-order valence-corrected chi connectivity index (χ3v) is 3.31. The van der Waals surface area contributed by atoms with Crippen LogP contribution in [0.5, 0.6) is 0 Å². The summed E-state index contributed by atoms with van der Waals surface area (Å²) in [5, 5.41) is 1.03. The maximum absolute atomic E-state index is 6.26. The molecule has 0 bridgehead atoms. The molecule has 2 N–H and O–H groups in total. The molecule has 2 aromatic rings. The van der Waals surface area contributed by atoms with E-state index in [-0.39, 0.29) is 0 Å². The van der Waals surface area contributed by atoms with Crippen LogP contribution in [-0.4, -0.2) is 44.1 Å². The molecule has 2 rings (SSSR count). The topological polar surface area (TPSA) is 45.4 Å². The molecule has 0 saturated carbocycles. The Labute approximate surface area is 114 Å². The molecule has 1 aromatic carbocycles. The second-order valence-electron chi connectivity index (χ2n) is 5.15. The summed E-state index contributed by atoms with van der Waals surface area (Å²) in [5.41, 5.74) is 9.11. The van der Waals surface area contributed by atoms with Crippen molar-refractivity contribution in [2.75, 3.05) is 44.9 Å². The Kier molecular flexibility index (Phi) is 4.22. The van der Waals surface area contributed by atoms with E-state index >= 15 is 0 Å². The van der Waals surface area contributed by atoms with E-state index in [2.05, 4.69) is 42.0 Å². The van der Waals surface area contributed by atoms with Crippen molar-refractivity contribution in [3.63, 3.8) is 0 Å². The molecule has 19 heavy (non-hydrogen) atoms. The highest BCUT2D eigenvalue weighted by molar-refractivity contribution is 5.97. The molecule has 0 saturated heterocycles. The van der Waals surface area contributed by atoms with Crippen molar-refractivity contribution in [1.82, 2.24) is 9.88 Å². The van der Waals surface area contributed by atoms with Crippen LogP contribution in [0.3, 0.4) is 0 Å². The molecule has 0 aliphatic heterocycles. The molecule has 0 spiro atoms. The second kappa shape index (κ2) is 5.89. The zero-order valence-electron chi connectivity index (χ0n) is 11.9. The van der Waals surface area contributed by atoms with Gasteiger partial charge < -0.3 is 15.5 Å². The molecule has 0 radical (unpaired) electrons. The molecule has 0 aliphatic carbocycles. The molecule has 0 fully saturated rings. The summed E-state index contributed by atoms with van der Waals surface area (Å²) in [6.45, 7) is 2.08. The quantitative estimate of drug-likeness (QED) is 0.835. The van der Waals surface area contributed by atoms with Gasteiger partial charge in [0, 0.05) is 25.2 Å². The van der Waals surface area contributed by atoms with Gasteiger partial charge in [-0.15, -0.1) is 0 Å². The lowest BCUT2D eigenvalue weighted by Gasteiger charge is -2.22. The van der Waals surface area contributed by atoms with Crippen molar-refractivity contribution in [3.05, 3.63) is 30.5 Å². The first-order chi connectivity index (χ1) is 9.09. The first-order valence-corrected chi connectivity index (χ1v) is 6.58. The normalized spacial score (nSPS) is 11.2. The molecule has 0 amide bonds. The minimum Gasteiger partial charge on any atom is -0.396 e. The number of rotatable bonds is 5. The van der Waals surface area contributed by atoms with Gasteiger partial charge in [-0.3, -0.25) is 4.98 Å². The SMILES string of the molecule is CN(C)CCCN(C)c1ccc2ncccc2c1N. The Bertz CT molecular complexity index is 551. The molecule has 0 unspecified atom stereocenters. The molecular formula is C15H22N4. The summed E-state index contributed by atoms with van der Waals surface area (Å²) < 4.78 is 0. The van der Waals surface area contributed by atoms with Crippen LogP contribution in [0.25, 0.3) is 10.9 Å². The Hall–Kier alpha value is -1.81. The lowest BCUT2D eigenvalue weighted by Crippen LogP contribution is -2.24. The molecule has 0 atom stereocenters. The Morgan fingerprint density at radius 2 is 1.89 bits per heavy atom. The average Bonchev–Trinajstić information content (AvgIpc) is 2.39. The van der Waals surface area contributed by atoms with Gasteiger partial charge >= 0.3 is 0 Å². The zero-order chi connectivity index (χ0) is 13.8. The zero-order valence-corrected chi connectivity index (χ0v) is 11.9. The van der Waals surface area contributed by atoms with E-state index in [0.717, 1.165) is 41.8 Å². The fourth-order valence-electron chi connectivity index (χ4n) is 2.24. The minimum atomic E-state index is 0.818. The third kappa shape index (κ3) is 3.15. The smallest absolute Gasteiger partial charge is 0.0724 e. The maximum Gasteiger partial charge on any atom is 0.0724 e.